The van der Waals surface area contributed by atoms with E-state index in [1.54, 1.807) is 13.8 Å². The molecule has 1 heterocycles. The van der Waals surface area contributed by atoms with Gasteiger partial charge in [0.1, 0.15) is 0 Å². The van der Waals surface area contributed by atoms with Crippen LogP contribution in [0.15, 0.2) is 35.5 Å². The molecule has 0 aromatic heterocycles. The fourth-order valence-electron chi connectivity index (χ4n) is 2.05. The van der Waals surface area contributed by atoms with Crippen LogP contribution < -0.4 is 0 Å². The molecule has 0 bridgehead atoms. The van der Waals surface area contributed by atoms with E-state index in [2.05, 4.69) is 0 Å². The lowest BCUT2D eigenvalue weighted by Crippen LogP contribution is -2.46. The van der Waals surface area contributed by atoms with Gasteiger partial charge in [-0.15, -0.1) is 0 Å². The molecule has 0 amide bonds. The van der Waals surface area contributed by atoms with Gasteiger partial charge in [0.05, 0.1) is 0 Å². The number of ether oxygens (including phenoxy) is 2. The van der Waals surface area contributed by atoms with Crippen LogP contribution in [-0.4, -0.2) is 17.7 Å². The number of carbonyl (C=O) groups is 2. The molecule has 2 aliphatic rings. The van der Waals surface area contributed by atoms with E-state index in [0.717, 1.165) is 12.0 Å². The van der Waals surface area contributed by atoms with Crippen LogP contribution in [0, 0.1) is 5.92 Å². The standard InChI is InChI=1S/C15H18O4.C2H6/c1-10-5-4-6-11(8-7-10)9-12-13(16)18-15(2,3)19-14(12)17;1-2/h4,6-8,12H,5,9H2,1-3H3;1-2H3. The molecule has 1 aliphatic heterocycles. The van der Waals surface area contributed by atoms with E-state index in [1.165, 1.54) is 5.57 Å². The van der Waals surface area contributed by atoms with Crippen molar-refractivity contribution in [3.8, 4) is 0 Å². The normalized spacial score (nSPS) is 21.2. The molecule has 21 heavy (non-hydrogen) atoms. The van der Waals surface area contributed by atoms with Gasteiger partial charge < -0.3 is 9.47 Å². The number of esters is 2. The summed E-state index contributed by atoms with van der Waals surface area (Å²) in [6, 6.07) is 0. The minimum Gasteiger partial charge on any atom is -0.422 e. The van der Waals surface area contributed by atoms with Gasteiger partial charge in [-0.1, -0.05) is 43.7 Å². The zero-order valence-corrected chi connectivity index (χ0v) is 13.4. The molecule has 0 radical (unpaired) electrons. The van der Waals surface area contributed by atoms with Gasteiger partial charge in [0.15, 0.2) is 5.92 Å². The summed E-state index contributed by atoms with van der Waals surface area (Å²) in [4.78, 5) is 23.7. The largest absolute Gasteiger partial charge is 0.422 e. The summed E-state index contributed by atoms with van der Waals surface area (Å²) in [5, 5.41) is 0. The zero-order chi connectivity index (χ0) is 16.0. The Kier molecular flexibility index (Phi) is 5.94. The summed E-state index contributed by atoms with van der Waals surface area (Å²) in [6.07, 6.45) is 9.08. The molecule has 1 fully saturated rings. The highest BCUT2D eigenvalue weighted by molar-refractivity contribution is 5.97. The van der Waals surface area contributed by atoms with Crippen molar-refractivity contribution >= 4 is 11.9 Å². The van der Waals surface area contributed by atoms with Crippen molar-refractivity contribution in [1.82, 2.24) is 0 Å². The number of rotatable bonds is 2. The van der Waals surface area contributed by atoms with Crippen LogP contribution in [0.4, 0.5) is 0 Å². The molecule has 0 N–H and O–H groups in total. The lowest BCUT2D eigenvalue weighted by Gasteiger charge is -2.32. The first-order valence-corrected chi connectivity index (χ1v) is 7.36. The fraction of sp³-hybridized carbons (Fsp3) is 0.529. The lowest BCUT2D eigenvalue weighted by atomic mass is 9.98. The van der Waals surface area contributed by atoms with Gasteiger partial charge in [-0.2, -0.15) is 0 Å². The van der Waals surface area contributed by atoms with Gasteiger partial charge in [-0.3, -0.25) is 9.59 Å². The molecule has 0 atom stereocenters. The second-order valence-corrected chi connectivity index (χ2v) is 5.36. The Bertz CT molecular complexity index is 475. The molecule has 4 heteroatoms. The number of carbonyl (C=O) groups excluding carboxylic acids is 2. The average Bonchev–Trinajstić information content (AvgIpc) is 2.60. The van der Waals surface area contributed by atoms with E-state index >= 15 is 0 Å². The maximum absolute atomic E-state index is 11.9. The predicted octanol–water partition coefficient (Wildman–Crippen LogP) is 3.69. The third kappa shape index (κ3) is 4.88. The first-order chi connectivity index (χ1) is 9.87. The zero-order valence-electron chi connectivity index (χ0n) is 13.4. The maximum atomic E-state index is 11.9. The van der Waals surface area contributed by atoms with Gasteiger partial charge in [-0.25, -0.2) is 0 Å². The Hall–Kier alpha value is -1.84. The van der Waals surface area contributed by atoms with Crippen LogP contribution >= 0.6 is 0 Å². The lowest BCUT2D eigenvalue weighted by molar-refractivity contribution is -0.239. The van der Waals surface area contributed by atoms with Gasteiger partial charge >= 0.3 is 11.9 Å². The molecule has 0 aromatic rings. The van der Waals surface area contributed by atoms with E-state index in [1.807, 2.05) is 45.1 Å². The number of hydrogen-bond donors (Lipinski definition) is 0. The molecule has 0 spiro atoms. The Balaban J connectivity index is 0.00000106. The van der Waals surface area contributed by atoms with E-state index in [0.29, 0.717) is 6.42 Å². The van der Waals surface area contributed by atoms with Crippen molar-refractivity contribution in [2.75, 3.05) is 0 Å². The third-order valence-electron chi connectivity index (χ3n) is 3.06. The highest BCUT2D eigenvalue weighted by Gasteiger charge is 2.43. The Morgan fingerprint density at radius 1 is 1.14 bits per heavy atom. The Morgan fingerprint density at radius 2 is 1.71 bits per heavy atom. The molecule has 0 saturated carbocycles. The third-order valence-corrected chi connectivity index (χ3v) is 3.06. The molecular formula is C17H24O4. The summed E-state index contributed by atoms with van der Waals surface area (Å²) in [5.41, 5.74) is 2.16. The maximum Gasteiger partial charge on any atom is 0.323 e. The minimum absolute atomic E-state index is 0.314. The van der Waals surface area contributed by atoms with Gasteiger partial charge in [0.25, 0.3) is 5.79 Å². The molecule has 1 aliphatic carbocycles. The Morgan fingerprint density at radius 3 is 2.29 bits per heavy atom. The van der Waals surface area contributed by atoms with E-state index in [4.69, 9.17) is 9.47 Å². The quantitative estimate of drug-likeness (QED) is 0.575. The van der Waals surface area contributed by atoms with Crippen LogP contribution in [0.1, 0.15) is 47.5 Å². The van der Waals surface area contributed by atoms with Crippen molar-refractivity contribution in [3.63, 3.8) is 0 Å². The van der Waals surface area contributed by atoms with Gasteiger partial charge in [-0.05, 0) is 25.3 Å². The topological polar surface area (TPSA) is 52.6 Å². The summed E-state index contributed by atoms with van der Waals surface area (Å²) < 4.78 is 10.2. The SMILES string of the molecule is CC.CC1=CC=C(CC2C(=O)OC(C)(C)OC2=O)C=CC1. The predicted molar refractivity (Wildman–Crippen MR) is 81.3 cm³/mol. The second kappa shape index (κ2) is 7.25. The minimum atomic E-state index is -1.16. The molecule has 0 aromatic carbocycles. The first-order valence-electron chi connectivity index (χ1n) is 7.36. The monoisotopic (exact) mass is 292 g/mol. The van der Waals surface area contributed by atoms with E-state index in [9.17, 15) is 9.59 Å². The molecule has 4 nitrogen and oxygen atoms in total. The van der Waals surface area contributed by atoms with Crippen molar-refractivity contribution in [2.24, 2.45) is 5.92 Å². The number of allylic oxidation sites excluding steroid dienone is 6. The van der Waals surface area contributed by atoms with Crippen LogP contribution in [0.5, 0.6) is 0 Å². The second-order valence-electron chi connectivity index (χ2n) is 5.36. The van der Waals surface area contributed by atoms with E-state index < -0.39 is 23.6 Å². The van der Waals surface area contributed by atoms with Gasteiger partial charge in [0, 0.05) is 13.8 Å². The van der Waals surface area contributed by atoms with Crippen molar-refractivity contribution < 1.29 is 19.1 Å². The highest BCUT2D eigenvalue weighted by atomic mass is 16.7. The van der Waals surface area contributed by atoms with Crippen molar-refractivity contribution in [2.45, 2.75) is 53.2 Å². The average molecular weight is 292 g/mol. The summed E-state index contributed by atoms with van der Waals surface area (Å²) in [6.45, 7) is 9.14. The fourth-order valence-corrected chi connectivity index (χ4v) is 2.05. The summed E-state index contributed by atoms with van der Waals surface area (Å²) in [5.74, 6) is -3.05. The van der Waals surface area contributed by atoms with Crippen LogP contribution in [-0.2, 0) is 19.1 Å². The van der Waals surface area contributed by atoms with Crippen LogP contribution in [0.3, 0.4) is 0 Å². The van der Waals surface area contributed by atoms with Crippen LogP contribution in [0.25, 0.3) is 0 Å². The molecule has 2 rings (SSSR count). The smallest absolute Gasteiger partial charge is 0.323 e. The summed E-state index contributed by atoms with van der Waals surface area (Å²) >= 11 is 0. The van der Waals surface area contributed by atoms with Crippen LogP contribution in [0.2, 0.25) is 0 Å². The highest BCUT2D eigenvalue weighted by Crippen LogP contribution is 2.28. The molecule has 0 unspecified atom stereocenters. The molecule has 116 valence electrons. The van der Waals surface area contributed by atoms with Crippen molar-refractivity contribution in [1.29, 1.82) is 0 Å². The van der Waals surface area contributed by atoms with Crippen molar-refractivity contribution in [3.05, 3.63) is 35.5 Å². The number of cyclic esters (lactones) is 2. The first kappa shape index (κ1) is 17.2. The Labute approximate surface area is 126 Å². The number of hydrogen-bond acceptors (Lipinski definition) is 4. The molecular weight excluding hydrogens is 268 g/mol. The molecule has 1 saturated heterocycles. The van der Waals surface area contributed by atoms with E-state index in [-0.39, 0.29) is 0 Å². The summed E-state index contributed by atoms with van der Waals surface area (Å²) in [7, 11) is 0. The van der Waals surface area contributed by atoms with Gasteiger partial charge in [0.2, 0.25) is 0 Å².